The number of anilines is 5. The van der Waals surface area contributed by atoms with E-state index in [2.05, 4.69) is 206 Å². The zero-order valence-electron chi connectivity index (χ0n) is 31.6. The summed E-state index contributed by atoms with van der Waals surface area (Å²) in [5, 5.41) is 0. The third-order valence-corrected chi connectivity index (χ3v) is 11.5. The number of allylic oxidation sites excluding steroid dienone is 5. The molecule has 2 heteroatoms. The minimum Gasteiger partial charge on any atom is -0.334 e. The second-order valence-electron chi connectivity index (χ2n) is 15.2. The number of hydrogen-bond acceptors (Lipinski definition) is 2. The number of fused-ring (bicyclic) bond motifs is 4. The minimum absolute atomic E-state index is 0.118. The fourth-order valence-corrected chi connectivity index (χ4v) is 8.40. The molecular formula is C53H44N2. The van der Waals surface area contributed by atoms with Crippen molar-refractivity contribution in [2.45, 2.75) is 38.5 Å². The maximum Gasteiger partial charge on any atom is 0.0931 e. The van der Waals surface area contributed by atoms with Gasteiger partial charge in [-0.25, -0.2) is 0 Å². The highest BCUT2D eigenvalue weighted by Crippen LogP contribution is 2.46. The predicted molar refractivity (Wildman–Crippen MR) is 234 cm³/mol. The third kappa shape index (κ3) is 6.53. The monoisotopic (exact) mass is 708 g/mol. The first kappa shape index (κ1) is 34.2. The smallest absolute Gasteiger partial charge is 0.0931 e. The molecule has 0 amide bonds. The van der Waals surface area contributed by atoms with E-state index < -0.39 is 0 Å². The number of nitrogens with zero attached hydrogens (tertiary/aromatic N) is 2. The van der Waals surface area contributed by atoms with Crippen LogP contribution in [0.4, 0.5) is 28.4 Å². The molecule has 2 aliphatic heterocycles. The summed E-state index contributed by atoms with van der Waals surface area (Å²) in [6, 6.07) is 53.1. The zero-order valence-corrected chi connectivity index (χ0v) is 31.6. The maximum atomic E-state index is 4.04. The Hall–Kier alpha value is -6.56. The number of aryl methyl sites for hydroxylation is 1. The average molecular weight is 709 g/mol. The topological polar surface area (TPSA) is 6.48 Å². The van der Waals surface area contributed by atoms with Crippen LogP contribution < -0.4 is 9.80 Å². The summed E-state index contributed by atoms with van der Waals surface area (Å²) in [7, 11) is 0. The Balaban J connectivity index is 0.903. The lowest BCUT2D eigenvalue weighted by Crippen LogP contribution is -2.25. The van der Waals surface area contributed by atoms with Crippen molar-refractivity contribution in [3.8, 4) is 11.1 Å². The molecule has 3 aliphatic rings. The summed E-state index contributed by atoms with van der Waals surface area (Å²) in [5.74, 6) is 0. The Morgan fingerprint density at radius 2 is 1.38 bits per heavy atom. The van der Waals surface area contributed by atoms with Gasteiger partial charge in [0.05, 0.1) is 17.1 Å². The van der Waals surface area contributed by atoms with Gasteiger partial charge >= 0.3 is 0 Å². The van der Waals surface area contributed by atoms with Crippen LogP contribution in [0.1, 0.15) is 60.1 Å². The second kappa shape index (κ2) is 14.3. The lowest BCUT2D eigenvalue weighted by atomic mass is 9.79. The van der Waals surface area contributed by atoms with Crippen LogP contribution in [0.25, 0.3) is 35.4 Å². The van der Waals surface area contributed by atoms with Crippen molar-refractivity contribution in [1.29, 1.82) is 0 Å². The number of rotatable bonds is 8. The van der Waals surface area contributed by atoms with Crippen LogP contribution in [0.2, 0.25) is 0 Å². The molecule has 6 aromatic rings. The lowest BCUT2D eigenvalue weighted by Gasteiger charge is -2.31. The normalized spacial score (nSPS) is 15.4. The van der Waals surface area contributed by atoms with E-state index in [1.54, 1.807) is 0 Å². The van der Waals surface area contributed by atoms with E-state index in [9.17, 15) is 0 Å². The van der Waals surface area contributed by atoms with Crippen molar-refractivity contribution in [3.05, 3.63) is 209 Å². The molecule has 2 nitrogen and oxygen atoms in total. The molecule has 0 atom stereocenters. The average Bonchev–Trinajstić information content (AvgIpc) is 3.36. The molecule has 6 aromatic carbocycles. The molecule has 0 N–H and O–H groups in total. The standard InChI is InChI=1S/C53H44N2/c1-4-12-39(35-46-36-45-30-33-48(37-49(45)53(46,2)3)54-34-11-16-42-13-5-8-17-50(42)54)21-20-38-22-24-40(25-23-38)41-28-31-47(32-29-41)55-51-18-9-6-14-43(51)26-27-44-15-7-10-19-52(44)55/h4-10,12-15,17-29,31-32,36-37H,1,11,16,34-35H2,2-3H3/b21-20+,39-12-. The molecule has 0 saturated carbocycles. The van der Waals surface area contributed by atoms with Crippen molar-refractivity contribution in [2.75, 3.05) is 16.3 Å². The van der Waals surface area contributed by atoms with Gasteiger partial charge in [0, 0.05) is 28.9 Å². The lowest BCUT2D eigenvalue weighted by molar-refractivity contribution is 0.623. The minimum atomic E-state index is -0.118. The second-order valence-corrected chi connectivity index (χ2v) is 15.2. The molecule has 55 heavy (non-hydrogen) atoms. The van der Waals surface area contributed by atoms with Crippen molar-refractivity contribution in [3.63, 3.8) is 0 Å². The third-order valence-electron chi connectivity index (χ3n) is 11.5. The maximum absolute atomic E-state index is 4.04. The fraction of sp³-hybridized carbons (Fsp3) is 0.132. The molecule has 0 spiro atoms. The number of hydrogen-bond donors (Lipinski definition) is 0. The quantitative estimate of drug-likeness (QED) is 0.145. The molecule has 0 saturated heterocycles. The van der Waals surface area contributed by atoms with Crippen LogP contribution >= 0.6 is 0 Å². The first-order chi connectivity index (χ1) is 27.0. The van der Waals surface area contributed by atoms with Crippen molar-refractivity contribution in [2.24, 2.45) is 0 Å². The van der Waals surface area contributed by atoms with Crippen LogP contribution in [0.5, 0.6) is 0 Å². The molecule has 0 unspecified atom stereocenters. The van der Waals surface area contributed by atoms with Gasteiger partial charge in [-0.2, -0.15) is 0 Å². The van der Waals surface area contributed by atoms with E-state index in [-0.39, 0.29) is 5.41 Å². The Morgan fingerprint density at radius 3 is 2.07 bits per heavy atom. The summed E-state index contributed by atoms with van der Waals surface area (Å²) in [4.78, 5) is 4.78. The van der Waals surface area contributed by atoms with Gasteiger partial charge < -0.3 is 9.80 Å². The van der Waals surface area contributed by atoms with Gasteiger partial charge in [0.1, 0.15) is 0 Å². The highest BCUT2D eigenvalue weighted by atomic mass is 15.2. The van der Waals surface area contributed by atoms with Crippen molar-refractivity contribution >= 4 is 52.7 Å². The van der Waals surface area contributed by atoms with Crippen LogP contribution in [0.3, 0.4) is 0 Å². The molecule has 0 bridgehead atoms. The van der Waals surface area contributed by atoms with E-state index in [0.717, 1.165) is 48.3 Å². The predicted octanol–water partition coefficient (Wildman–Crippen LogP) is 13.9. The van der Waals surface area contributed by atoms with Crippen molar-refractivity contribution in [1.82, 2.24) is 0 Å². The van der Waals surface area contributed by atoms with E-state index >= 15 is 0 Å². The van der Waals surface area contributed by atoms with Gasteiger partial charge in [-0.15, -0.1) is 0 Å². The SMILES string of the molecule is C=C/C=C(/C=C/c1ccc(-c2ccc(N3c4ccccc4C=Cc4ccccc43)cc2)cc1)CC1=Cc2c#cc(N3CCCc4ccccc43)cc2C1(C)C. The summed E-state index contributed by atoms with van der Waals surface area (Å²) in [5.41, 5.74) is 18.2. The van der Waals surface area contributed by atoms with Crippen LogP contribution in [0.15, 0.2) is 163 Å². The van der Waals surface area contributed by atoms with E-state index in [0.29, 0.717) is 0 Å². The first-order valence-electron chi connectivity index (χ1n) is 19.4. The summed E-state index contributed by atoms with van der Waals surface area (Å²) in [6.07, 6.45) is 18.4. The molecule has 0 fully saturated rings. The molecule has 266 valence electrons. The van der Waals surface area contributed by atoms with E-state index in [1.807, 2.05) is 6.08 Å². The largest absolute Gasteiger partial charge is 0.334 e. The Kier molecular flexibility index (Phi) is 8.93. The van der Waals surface area contributed by atoms with Crippen LogP contribution in [-0.4, -0.2) is 6.54 Å². The number of benzene rings is 5. The molecule has 0 radical (unpaired) electrons. The van der Waals surface area contributed by atoms with Crippen molar-refractivity contribution < 1.29 is 0 Å². The fourth-order valence-electron chi connectivity index (χ4n) is 8.40. The van der Waals surface area contributed by atoms with Crippen LogP contribution in [0, 0.1) is 12.1 Å². The highest BCUT2D eigenvalue weighted by Gasteiger charge is 2.34. The van der Waals surface area contributed by atoms with Gasteiger partial charge in [-0.05, 0) is 112 Å². The summed E-state index contributed by atoms with van der Waals surface area (Å²) < 4.78 is 0. The van der Waals surface area contributed by atoms with Gasteiger partial charge in [-0.3, -0.25) is 0 Å². The molecule has 9 rings (SSSR count). The summed E-state index contributed by atoms with van der Waals surface area (Å²) >= 11 is 0. The molecule has 0 aromatic heterocycles. The van der Waals surface area contributed by atoms with E-state index in [4.69, 9.17) is 0 Å². The Bertz CT molecular complexity index is 2470. The zero-order chi connectivity index (χ0) is 37.4. The molecular weight excluding hydrogens is 665 g/mol. The molecule has 1 aliphatic carbocycles. The Labute approximate surface area is 326 Å². The first-order valence-corrected chi connectivity index (χ1v) is 19.4. The van der Waals surface area contributed by atoms with E-state index in [1.165, 1.54) is 61.6 Å². The van der Waals surface area contributed by atoms with Gasteiger partial charge in [0.2, 0.25) is 0 Å². The molecule has 2 heterocycles. The van der Waals surface area contributed by atoms with Crippen LogP contribution in [-0.2, 0) is 11.8 Å². The van der Waals surface area contributed by atoms with Gasteiger partial charge in [0.15, 0.2) is 0 Å². The highest BCUT2D eigenvalue weighted by molar-refractivity contribution is 5.93. The Morgan fingerprint density at radius 1 is 0.745 bits per heavy atom. The van der Waals surface area contributed by atoms with Gasteiger partial charge in [-0.1, -0.05) is 160 Å². The summed E-state index contributed by atoms with van der Waals surface area (Å²) in [6.45, 7) is 9.74. The number of para-hydroxylation sites is 3. The van der Waals surface area contributed by atoms with Gasteiger partial charge in [0.25, 0.3) is 0 Å².